The van der Waals surface area contributed by atoms with Crippen molar-refractivity contribution < 1.29 is 0 Å². The van der Waals surface area contributed by atoms with Crippen LogP contribution >= 0.6 is 0 Å². The maximum absolute atomic E-state index is 2.48. The number of fused-ring (bicyclic) bond motifs is 12. The van der Waals surface area contributed by atoms with E-state index in [1.807, 2.05) is 13.8 Å². The van der Waals surface area contributed by atoms with Gasteiger partial charge in [-0.25, -0.2) is 0 Å². The van der Waals surface area contributed by atoms with Gasteiger partial charge >= 0.3 is 0 Å². The summed E-state index contributed by atoms with van der Waals surface area (Å²) in [5, 5.41) is 13.0. The van der Waals surface area contributed by atoms with Crippen LogP contribution in [-0.2, 0) is 0 Å². The summed E-state index contributed by atoms with van der Waals surface area (Å²) in [5.74, 6) is 0. The summed E-state index contributed by atoms with van der Waals surface area (Å²) in [5.41, 5.74) is 7.53. The average molecular weight is 537 g/mol. The van der Waals surface area contributed by atoms with E-state index in [9.17, 15) is 0 Å². The Morgan fingerprint density at radius 2 is 1.05 bits per heavy atom. The van der Waals surface area contributed by atoms with Crippen LogP contribution in [0.1, 0.15) is 13.8 Å². The summed E-state index contributed by atoms with van der Waals surface area (Å²) in [6, 6.07) is 49.2. The van der Waals surface area contributed by atoms with Gasteiger partial charge in [-0.2, -0.15) is 0 Å². The van der Waals surface area contributed by atoms with E-state index in [2.05, 4.69) is 142 Å². The molecule has 0 saturated carbocycles. The van der Waals surface area contributed by atoms with Crippen LogP contribution in [0.4, 0.5) is 0 Å². The lowest BCUT2D eigenvalue weighted by Gasteiger charge is -2.10. The predicted molar refractivity (Wildman–Crippen MR) is 182 cm³/mol. The molecule has 0 N–H and O–H groups in total. The van der Waals surface area contributed by atoms with Gasteiger partial charge in [-0.3, -0.25) is 0 Å². The Kier molecular flexibility index (Phi) is 4.77. The third-order valence-electron chi connectivity index (χ3n) is 8.99. The van der Waals surface area contributed by atoms with Crippen molar-refractivity contribution >= 4 is 81.4 Å². The van der Waals surface area contributed by atoms with Crippen LogP contribution in [0.5, 0.6) is 0 Å². The standard InChI is InChI=1S/C38H22N2.C2H6/c1-2-9-24-20-26(18-16-23(24)8-1)39-34-15-6-4-11-30(34)37-31-22-36-32(21-25(31)17-19-35(37)39)29-13-7-12-28-27-10-3-5-14-33(27)40(36)38(28)29;1-2/h1-22H;1-2H3. The minimum absolute atomic E-state index is 1.19. The molecule has 198 valence electrons. The highest BCUT2D eigenvalue weighted by molar-refractivity contribution is 6.28. The summed E-state index contributed by atoms with van der Waals surface area (Å²) < 4.78 is 4.91. The first-order chi connectivity index (χ1) is 20.8. The first kappa shape index (κ1) is 23.4. The molecule has 0 amide bonds. The van der Waals surface area contributed by atoms with Crippen molar-refractivity contribution in [3.63, 3.8) is 0 Å². The van der Waals surface area contributed by atoms with Gasteiger partial charge in [0.2, 0.25) is 0 Å². The molecule has 0 aliphatic rings. The molecular formula is C40H28N2. The van der Waals surface area contributed by atoms with Gasteiger partial charge in [-0.05, 0) is 64.0 Å². The summed E-state index contributed by atoms with van der Waals surface area (Å²) in [4.78, 5) is 0. The smallest absolute Gasteiger partial charge is 0.0620 e. The van der Waals surface area contributed by atoms with Gasteiger partial charge in [0.25, 0.3) is 0 Å². The van der Waals surface area contributed by atoms with Gasteiger partial charge in [0, 0.05) is 38.0 Å². The Labute approximate surface area is 243 Å². The van der Waals surface area contributed by atoms with Gasteiger partial charge in [-0.1, -0.05) is 105 Å². The van der Waals surface area contributed by atoms with E-state index < -0.39 is 0 Å². The zero-order chi connectivity index (χ0) is 27.9. The zero-order valence-corrected chi connectivity index (χ0v) is 23.6. The molecule has 7 aromatic carbocycles. The molecule has 0 saturated heterocycles. The summed E-state index contributed by atoms with van der Waals surface area (Å²) >= 11 is 0. The first-order valence-electron chi connectivity index (χ1n) is 14.9. The summed E-state index contributed by atoms with van der Waals surface area (Å²) in [6.45, 7) is 4.00. The maximum Gasteiger partial charge on any atom is 0.0620 e. The molecule has 42 heavy (non-hydrogen) atoms. The summed E-state index contributed by atoms with van der Waals surface area (Å²) in [6.07, 6.45) is 0. The molecule has 10 aromatic rings. The van der Waals surface area contributed by atoms with E-state index in [1.165, 1.54) is 87.1 Å². The largest absolute Gasteiger partial charge is 0.309 e. The molecule has 2 nitrogen and oxygen atoms in total. The fraction of sp³-hybridized carbons (Fsp3) is 0.0500. The molecular weight excluding hydrogens is 508 g/mol. The number of benzene rings is 7. The second kappa shape index (κ2) is 8.58. The molecule has 3 aromatic heterocycles. The highest BCUT2D eigenvalue weighted by atomic mass is 15.0. The van der Waals surface area contributed by atoms with E-state index in [4.69, 9.17) is 0 Å². The average Bonchev–Trinajstić information content (AvgIpc) is 3.69. The summed E-state index contributed by atoms with van der Waals surface area (Å²) in [7, 11) is 0. The highest BCUT2D eigenvalue weighted by Crippen LogP contribution is 2.43. The second-order valence-electron chi connectivity index (χ2n) is 11.0. The Bertz CT molecular complexity index is 2650. The van der Waals surface area contributed by atoms with Crippen LogP contribution < -0.4 is 0 Å². The lowest BCUT2D eigenvalue weighted by atomic mass is 10.0. The number of hydrogen-bond donors (Lipinski definition) is 0. The van der Waals surface area contributed by atoms with E-state index in [0.717, 1.165) is 0 Å². The highest BCUT2D eigenvalue weighted by Gasteiger charge is 2.20. The van der Waals surface area contributed by atoms with Crippen LogP contribution in [0.3, 0.4) is 0 Å². The minimum atomic E-state index is 1.19. The van der Waals surface area contributed by atoms with Crippen LogP contribution in [0.25, 0.3) is 87.1 Å². The van der Waals surface area contributed by atoms with E-state index >= 15 is 0 Å². The molecule has 10 rings (SSSR count). The van der Waals surface area contributed by atoms with Gasteiger partial charge in [0.15, 0.2) is 0 Å². The Morgan fingerprint density at radius 3 is 1.90 bits per heavy atom. The Morgan fingerprint density at radius 1 is 0.381 bits per heavy atom. The Balaban J connectivity index is 0.00000123. The van der Waals surface area contributed by atoms with Crippen molar-refractivity contribution in [1.29, 1.82) is 0 Å². The zero-order valence-electron chi connectivity index (χ0n) is 23.6. The Hall–Kier alpha value is -5.34. The third kappa shape index (κ3) is 2.94. The van der Waals surface area contributed by atoms with E-state index in [1.54, 1.807) is 0 Å². The molecule has 0 fully saturated rings. The molecule has 3 heterocycles. The SMILES string of the molecule is CC.c1ccc2cc(-n3c4ccccc4c4c5cc6c(cc5ccc43)c3cccc4c5ccccc5n6c43)ccc2c1. The van der Waals surface area contributed by atoms with Gasteiger partial charge in [-0.15, -0.1) is 0 Å². The first-order valence-corrected chi connectivity index (χ1v) is 14.9. The lowest BCUT2D eigenvalue weighted by Crippen LogP contribution is -1.93. The molecule has 0 aliphatic carbocycles. The van der Waals surface area contributed by atoms with E-state index in [-0.39, 0.29) is 0 Å². The van der Waals surface area contributed by atoms with Crippen molar-refractivity contribution in [1.82, 2.24) is 8.97 Å². The quantitative estimate of drug-likeness (QED) is 0.197. The number of nitrogens with zero attached hydrogens (tertiary/aromatic N) is 2. The van der Waals surface area contributed by atoms with Crippen LogP contribution in [0, 0.1) is 0 Å². The molecule has 0 radical (unpaired) electrons. The van der Waals surface area contributed by atoms with Crippen LogP contribution in [0.15, 0.2) is 133 Å². The second-order valence-corrected chi connectivity index (χ2v) is 11.0. The predicted octanol–water partition coefficient (Wildman–Crippen LogP) is 11.3. The molecule has 0 spiro atoms. The molecule has 0 bridgehead atoms. The number of aromatic nitrogens is 2. The number of rotatable bonds is 1. The number of para-hydroxylation sites is 3. The van der Waals surface area contributed by atoms with Crippen LogP contribution in [-0.4, -0.2) is 8.97 Å². The van der Waals surface area contributed by atoms with Gasteiger partial charge in [0.05, 0.1) is 27.6 Å². The fourth-order valence-corrected chi connectivity index (χ4v) is 7.31. The van der Waals surface area contributed by atoms with E-state index in [0.29, 0.717) is 0 Å². The van der Waals surface area contributed by atoms with Crippen molar-refractivity contribution in [3.05, 3.63) is 133 Å². The van der Waals surface area contributed by atoms with Gasteiger partial charge in [0.1, 0.15) is 0 Å². The monoisotopic (exact) mass is 536 g/mol. The number of hydrogen-bond acceptors (Lipinski definition) is 0. The lowest BCUT2D eigenvalue weighted by molar-refractivity contribution is 1.19. The minimum Gasteiger partial charge on any atom is -0.309 e. The van der Waals surface area contributed by atoms with Crippen molar-refractivity contribution in [2.24, 2.45) is 0 Å². The normalized spacial score (nSPS) is 12.0. The van der Waals surface area contributed by atoms with Gasteiger partial charge < -0.3 is 8.97 Å². The molecule has 2 heteroatoms. The topological polar surface area (TPSA) is 9.34 Å². The third-order valence-corrected chi connectivity index (χ3v) is 8.99. The van der Waals surface area contributed by atoms with Crippen molar-refractivity contribution in [3.8, 4) is 5.69 Å². The molecule has 0 unspecified atom stereocenters. The van der Waals surface area contributed by atoms with Crippen molar-refractivity contribution in [2.45, 2.75) is 13.8 Å². The fourth-order valence-electron chi connectivity index (χ4n) is 7.31. The maximum atomic E-state index is 2.48. The molecule has 0 atom stereocenters. The van der Waals surface area contributed by atoms with Crippen molar-refractivity contribution in [2.75, 3.05) is 0 Å². The molecule has 0 aliphatic heterocycles. The van der Waals surface area contributed by atoms with Crippen LogP contribution in [0.2, 0.25) is 0 Å².